The summed E-state index contributed by atoms with van der Waals surface area (Å²) in [7, 11) is -2.30. The molecule has 1 heterocycles. The van der Waals surface area contributed by atoms with E-state index < -0.39 is 15.6 Å². The van der Waals surface area contributed by atoms with E-state index in [9.17, 15) is 13.2 Å². The van der Waals surface area contributed by atoms with E-state index in [1.807, 2.05) is 12.1 Å². The van der Waals surface area contributed by atoms with Crippen molar-refractivity contribution < 1.29 is 35.4 Å². The van der Waals surface area contributed by atoms with Gasteiger partial charge in [0.25, 0.3) is 0 Å². The van der Waals surface area contributed by atoms with Gasteiger partial charge in [-0.1, -0.05) is 42.5 Å². The second-order valence-corrected chi connectivity index (χ2v) is 8.07. The predicted octanol–water partition coefficient (Wildman–Crippen LogP) is 4.54. The number of hydrogen-bond acceptors (Lipinski definition) is 4. The summed E-state index contributed by atoms with van der Waals surface area (Å²) in [5.41, 5.74) is -3.24. The summed E-state index contributed by atoms with van der Waals surface area (Å²) in [6, 6.07) is 23.4. The van der Waals surface area contributed by atoms with Crippen LogP contribution in [0, 0.1) is 0 Å². The fourth-order valence-corrected chi connectivity index (χ4v) is 3.15. The number of fused-ring (bicyclic) bond motifs is 2. The van der Waals surface area contributed by atoms with Crippen LogP contribution in [0.3, 0.4) is 0 Å². The Morgan fingerprint density at radius 2 is 1.52 bits per heavy atom. The minimum absolute atomic E-state index is 0.906. The third kappa shape index (κ3) is 4.95. The van der Waals surface area contributed by atoms with Crippen molar-refractivity contribution in [3.63, 3.8) is 0 Å². The lowest BCUT2D eigenvalue weighted by Gasteiger charge is -2.08. The van der Waals surface area contributed by atoms with E-state index in [2.05, 4.69) is 72.4 Å². The molecular weight excluding hydrogens is 431 g/mol. The monoisotopic (exact) mass is 449 g/mol. The Morgan fingerprint density at radius 1 is 0.903 bits per heavy atom. The van der Waals surface area contributed by atoms with Crippen molar-refractivity contribution in [1.29, 1.82) is 0 Å². The zero-order valence-electron chi connectivity index (χ0n) is 16.6. The number of hydrogen-bond donors (Lipinski definition) is 0. The van der Waals surface area contributed by atoms with Crippen molar-refractivity contribution in [2.75, 3.05) is 7.11 Å². The molecule has 4 aromatic rings. The number of pyridine rings is 1. The molecule has 162 valence electrons. The summed E-state index contributed by atoms with van der Waals surface area (Å²) >= 11 is 0. The fourth-order valence-electron chi connectivity index (χ4n) is 3.15. The zero-order valence-corrected chi connectivity index (χ0v) is 17.4. The Labute approximate surface area is 177 Å². The SMILES string of the molecule is COc1cccc2cc(-c3ccc4ccccc4c3)[n+](C)cc12.O=S(=O)([O-])C(F)(F)F. The molecular formula is C22H18F3NO4S. The van der Waals surface area contributed by atoms with Crippen LogP contribution in [0.5, 0.6) is 5.75 Å². The van der Waals surface area contributed by atoms with Crippen LogP contribution in [0.4, 0.5) is 13.2 Å². The average Bonchev–Trinajstić information content (AvgIpc) is 2.71. The summed E-state index contributed by atoms with van der Waals surface area (Å²) < 4.78 is 66.5. The first kappa shape index (κ1) is 22.5. The molecule has 4 rings (SSSR count). The second-order valence-electron chi connectivity index (χ2n) is 6.69. The molecule has 0 unspecified atom stereocenters. The van der Waals surface area contributed by atoms with Crippen molar-refractivity contribution in [3.8, 4) is 17.0 Å². The summed E-state index contributed by atoms with van der Waals surface area (Å²) in [5, 5.41) is 4.84. The van der Waals surface area contributed by atoms with Crippen LogP contribution in [0.25, 0.3) is 32.8 Å². The van der Waals surface area contributed by atoms with Gasteiger partial charge in [-0.15, -0.1) is 0 Å². The topological polar surface area (TPSA) is 70.3 Å². The number of aryl methyl sites for hydroxylation is 1. The maximum atomic E-state index is 10.7. The first-order chi connectivity index (χ1) is 14.5. The molecule has 0 aliphatic heterocycles. The van der Waals surface area contributed by atoms with E-state index in [1.165, 1.54) is 27.4 Å². The number of nitrogens with zero attached hydrogens (tertiary/aromatic N) is 1. The van der Waals surface area contributed by atoms with Crippen molar-refractivity contribution in [2.45, 2.75) is 5.51 Å². The molecule has 0 amide bonds. The number of ether oxygens (including phenoxy) is 1. The molecule has 0 fully saturated rings. The Kier molecular flexibility index (Phi) is 6.19. The van der Waals surface area contributed by atoms with Crippen LogP contribution in [0.2, 0.25) is 0 Å². The van der Waals surface area contributed by atoms with Gasteiger partial charge in [-0.05, 0) is 34.4 Å². The molecule has 1 aromatic heterocycles. The van der Waals surface area contributed by atoms with Crippen LogP contribution in [0.15, 0.2) is 72.9 Å². The third-order valence-electron chi connectivity index (χ3n) is 4.64. The van der Waals surface area contributed by atoms with E-state index in [0.717, 1.165) is 11.1 Å². The van der Waals surface area contributed by atoms with E-state index in [-0.39, 0.29) is 0 Å². The lowest BCUT2D eigenvalue weighted by Crippen LogP contribution is -2.30. The molecule has 0 N–H and O–H groups in total. The van der Waals surface area contributed by atoms with Gasteiger partial charge < -0.3 is 9.29 Å². The summed E-state index contributed by atoms with van der Waals surface area (Å²) in [5.74, 6) is 0.906. The highest BCUT2D eigenvalue weighted by Gasteiger charge is 2.36. The molecule has 3 aromatic carbocycles. The number of rotatable bonds is 2. The maximum Gasteiger partial charge on any atom is 0.485 e. The van der Waals surface area contributed by atoms with Gasteiger partial charge in [-0.25, -0.2) is 13.0 Å². The Morgan fingerprint density at radius 3 is 2.13 bits per heavy atom. The molecule has 0 saturated carbocycles. The lowest BCUT2D eigenvalue weighted by atomic mass is 10.0. The summed E-state index contributed by atoms with van der Waals surface area (Å²) in [6.07, 6.45) is 2.14. The summed E-state index contributed by atoms with van der Waals surface area (Å²) in [6.45, 7) is 0. The van der Waals surface area contributed by atoms with Crippen LogP contribution in [0.1, 0.15) is 0 Å². The van der Waals surface area contributed by atoms with E-state index in [4.69, 9.17) is 17.7 Å². The minimum Gasteiger partial charge on any atom is -0.741 e. The van der Waals surface area contributed by atoms with Gasteiger partial charge in [0.1, 0.15) is 12.8 Å². The Hall–Kier alpha value is -3.17. The van der Waals surface area contributed by atoms with Crippen LogP contribution < -0.4 is 9.30 Å². The smallest absolute Gasteiger partial charge is 0.485 e. The molecule has 0 bridgehead atoms. The molecule has 9 heteroatoms. The lowest BCUT2D eigenvalue weighted by molar-refractivity contribution is -0.659. The first-order valence-corrected chi connectivity index (χ1v) is 10.4. The van der Waals surface area contributed by atoms with E-state index in [1.54, 1.807) is 7.11 Å². The highest BCUT2D eigenvalue weighted by Crippen LogP contribution is 2.28. The number of alkyl halides is 3. The number of aromatic nitrogens is 1. The summed E-state index contributed by atoms with van der Waals surface area (Å²) in [4.78, 5) is 0. The molecule has 0 aliphatic carbocycles. The van der Waals surface area contributed by atoms with Crippen LogP contribution in [-0.2, 0) is 17.2 Å². The predicted molar refractivity (Wildman–Crippen MR) is 110 cm³/mol. The standard InChI is InChI=1S/C21H18NO.CHF3O3S/c1-22-14-19-17(8-5-9-21(19)23-2)13-20(22)18-11-10-15-6-3-4-7-16(15)12-18;2-1(3,4)8(5,6)7/h3-14H,1-2H3;(H,5,6,7)/q+1;/p-1. The fraction of sp³-hybridized carbons (Fsp3) is 0.136. The van der Waals surface area contributed by atoms with Gasteiger partial charge in [0.2, 0.25) is 5.69 Å². The molecule has 0 radical (unpaired) electrons. The largest absolute Gasteiger partial charge is 0.741 e. The van der Waals surface area contributed by atoms with Crippen molar-refractivity contribution in [3.05, 3.63) is 72.9 Å². The molecule has 0 atom stereocenters. The molecule has 5 nitrogen and oxygen atoms in total. The van der Waals surface area contributed by atoms with Crippen molar-refractivity contribution in [1.82, 2.24) is 0 Å². The van der Waals surface area contributed by atoms with Crippen LogP contribution >= 0.6 is 0 Å². The van der Waals surface area contributed by atoms with Crippen molar-refractivity contribution in [2.24, 2.45) is 7.05 Å². The van der Waals surface area contributed by atoms with Gasteiger partial charge in [0.15, 0.2) is 16.3 Å². The number of halogens is 3. The molecule has 0 aliphatic rings. The van der Waals surface area contributed by atoms with E-state index in [0.29, 0.717) is 0 Å². The number of methoxy groups -OCH3 is 1. The normalized spacial score (nSPS) is 11.8. The average molecular weight is 449 g/mol. The van der Waals surface area contributed by atoms with Gasteiger partial charge in [0, 0.05) is 11.6 Å². The van der Waals surface area contributed by atoms with Crippen molar-refractivity contribution >= 4 is 31.7 Å². The number of benzene rings is 3. The highest BCUT2D eigenvalue weighted by atomic mass is 32.2. The van der Waals surface area contributed by atoms with Gasteiger partial charge in [0.05, 0.1) is 12.5 Å². The Balaban J connectivity index is 0.000000293. The molecule has 0 saturated heterocycles. The van der Waals surface area contributed by atoms with Gasteiger partial charge >= 0.3 is 5.51 Å². The molecule has 31 heavy (non-hydrogen) atoms. The second kappa shape index (κ2) is 8.52. The third-order valence-corrected chi connectivity index (χ3v) is 5.21. The maximum absolute atomic E-state index is 10.7. The minimum atomic E-state index is -6.09. The van der Waals surface area contributed by atoms with Crippen LogP contribution in [-0.4, -0.2) is 25.6 Å². The Bertz CT molecular complexity index is 1350. The highest BCUT2D eigenvalue weighted by molar-refractivity contribution is 7.86. The quantitative estimate of drug-likeness (QED) is 0.256. The zero-order chi connectivity index (χ0) is 22.8. The van der Waals surface area contributed by atoms with Gasteiger partial charge in [-0.3, -0.25) is 0 Å². The van der Waals surface area contributed by atoms with Gasteiger partial charge in [-0.2, -0.15) is 13.2 Å². The molecule has 0 spiro atoms. The van der Waals surface area contributed by atoms with E-state index >= 15 is 0 Å². The first-order valence-electron chi connectivity index (χ1n) is 8.99.